The Hall–Kier alpha value is -8.00. The molecule has 0 aliphatic carbocycles. The highest BCUT2D eigenvalue weighted by atomic mass is 15.1. The van der Waals surface area contributed by atoms with E-state index in [2.05, 4.69) is 0 Å². The van der Waals surface area contributed by atoms with Crippen molar-refractivity contribution in [1.82, 2.24) is 0 Å². The molecule has 0 aliphatic rings. The molecule has 0 bridgehead atoms. The Labute approximate surface area is 373 Å². The Bertz CT molecular complexity index is 4000. The van der Waals surface area contributed by atoms with E-state index < -0.39 is 89.6 Å². The van der Waals surface area contributed by atoms with Crippen molar-refractivity contribution in [3.05, 3.63) is 248 Å². The van der Waals surface area contributed by atoms with Gasteiger partial charge in [0.05, 0.1) is 16.4 Å². The second kappa shape index (κ2) is 15.6. The predicted molar refractivity (Wildman–Crippen MR) is 261 cm³/mol. The van der Waals surface area contributed by atoms with Gasteiger partial charge in [-0.2, -0.15) is 0 Å². The number of nitrogens with zero attached hydrogens (tertiary/aromatic N) is 1. The fourth-order valence-corrected chi connectivity index (χ4v) is 8.07. The topological polar surface area (TPSA) is 3.24 Å². The number of hydrogen-bond acceptors (Lipinski definition) is 1. The molecule has 11 aromatic carbocycles. The molecule has 0 amide bonds. The third kappa shape index (κ3) is 6.93. The first-order valence-corrected chi connectivity index (χ1v) is 20.0. The van der Waals surface area contributed by atoms with Crippen LogP contribution < -0.4 is 4.90 Å². The highest BCUT2D eigenvalue weighted by Crippen LogP contribution is 2.42. The van der Waals surface area contributed by atoms with E-state index in [1.165, 1.54) is 0 Å². The minimum absolute atomic E-state index is 0.0538. The van der Waals surface area contributed by atoms with Gasteiger partial charge in [0.15, 0.2) is 0 Å². The molecule has 0 aromatic heterocycles. The fraction of sp³-hybridized carbons (Fsp3) is 0. The Morgan fingerprint density at radius 2 is 0.869 bits per heavy atom. The van der Waals surface area contributed by atoms with Crippen LogP contribution in [0.4, 0.5) is 17.1 Å². The zero-order chi connectivity index (χ0) is 51.0. The molecule has 0 aliphatic heterocycles. The lowest BCUT2D eigenvalue weighted by Gasteiger charge is -2.26. The number of benzene rings is 11. The smallest absolute Gasteiger partial charge is 0.0651 e. The van der Waals surface area contributed by atoms with Crippen LogP contribution in [0.5, 0.6) is 0 Å². The molecular weight excluding hydrogens is 735 g/mol. The van der Waals surface area contributed by atoms with Crippen LogP contribution in [-0.4, -0.2) is 0 Å². The summed E-state index contributed by atoms with van der Waals surface area (Å²) in [4.78, 5) is 0.907. The first-order chi connectivity index (χ1) is 35.3. The van der Waals surface area contributed by atoms with E-state index in [4.69, 9.17) is 1.37 Å². The SMILES string of the molecule is [2H]c1c([2H])c(-c2ccc3ccccc3c2)c([2H])c(N(c2c([2H])c([2H])c(-c3ccc(-c4cccc5ccccc45)cc3)c([2H])c2[2H])c2c([2H])c([2H])c(-c3ccc4ccccc4c3-c3ccccc3)c([2H])c2[2H])c1[2H]. The van der Waals surface area contributed by atoms with Crippen molar-refractivity contribution >= 4 is 49.4 Å². The molecule has 286 valence electrons. The van der Waals surface area contributed by atoms with Crippen LogP contribution in [0.1, 0.15) is 16.4 Å². The molecule has 0 saturated carbocycles. The van der Waals surface area contributed by atoms with Gasteiger partial charge in [0.1, 0.15) is 0 Å². The summed E-state index contributed by atoms with van der Waals surface area (Å²) in [5.41, 5.74) is 2.48. The lowest BCUT2D eigenvalue weighted by atomic mass is 9.90. The molecule has 0 N–H and O–H groups in total. The monoisotopic (exact) mass is 787 g/mol. The van der Waals surface area contributed by atoms with Crippen LogP contribution in [0.15, 0.2) is 248 Å². The van der Waals surface area contributed by atoms with Crippen LogP contribution in [0.25, 0.3) is 88.0 Å². The van der Waals surface area contributed by atoms with E-state index in [9.17, 15) is 15.1 Å². The van der Waals surface area contributed by atoms with Gasteiger partial charge in [-0.1, -0.05) is 206 Å². The molecule has 61 heavy (non-hydrogen) atoms. The lowest BCUT2D eigenvalue weighted by molar-refractivity contribution is 1.28. The summed E-state index contributed by atoms with van der Waals surface area (Å²) in [5, 5.41) is 5.40. The van der Waals surface area contributed by atoms with Crippen molar-refractivity contribution in [2.24, 2.45) is 0 Å². The molecule has 0 saturated heterocycles. The second-order valence-corrected chi connectivity index (χ2v) is 14.7. The number of fused-ring (bicyclic) bond motifs is 3. The molecule has 11 rings (SSSR count). The summed E-state index contributed by atoms with van der Waals surface area (Å²) in [6.45, 7) is 0. The summed E-state index contributed by atoms with van der Waals surface area (Å²) >= 11 is 0. The molecule has 1 nitrogen and oxygen atoms in total. The Kier molecular flexibility index (Phi) is 6.53. The van der Waals surface area contributed by atoms with Crippen LogP contribution in [0, 0.1) is 0 Å². The van der Waals surface area contributed by atoms with E-state index in [-0.39, 0.29) is 16.7 Å². The van der Waals surface area contributed by atoms with Gasteiger partial charge in [-0.05, 0) is 130 Å². The largest absolute Gasteiger partial charge is 0.310 e. The maximum atomic E-state index is 9.89. The zero-order valence-electron chi connectivity index (χ0n) is 44.7. The molecular formula is C60H41N. The van der Waals surface area contributed by atoms with Gasteiger partial charge >= 0.3 is 0 Å². The maximum absolute atomic E-state index is 9.89. The van der Waals surface area contributed by atoms with Crippen LogP contribution >= 0.6 is 0 Å². The maximum Gasteiger partial charge on any atom is 0.0651 e. The zero-order valence-corrected chi connectivity index (χ0v) is 32.7. The molecule has 0 radical (unpaired) electrons. The van der Waals surface area contributed by atoms with Gasteiger partial charge in [0.25, 0.3) is 0 Å². The summed E-state index contributed by atoms with van der Waals surface area (Å²) in [5.74, 6) is 0. The van der Waals surface area contributed by atoms with Crippen molar-refractivity contribution in [3.63, 3.8) is 0 Å². The van der Waals surface area contributed by atoms with Crippen LogP contribution in [-0.2, 0) is 0 Å². The van der Waals surface area contributed by atoms with Gasteiger partial charge in [-0.3, -0.25) is 0 Å². The average Bonchev–Trinajstić information content (AvgIpc) is 3.41. The molecule has 0 fully saturated rings. The predicted octanol–water partition coefficient (Wildman–Crippen LogP) is 17.0. The van der Waals surface area contributed by atoms with Crippen molar-refractivity contribution in [3.8, 4) is 55.6 Å². The Morgan fingerprint density at radius 3 is 1.62 bits per heavy atom. The molecule has 0 atom stereocenters. The summed E-state index contributed by atoms with van der Waals surface area (Å²) < 4.78 is 116. The lowest BCUT2D eigenvalue weighted by Crippen LogP contribution is -2.10. The van der Waals surface area contributed by atoms with Crippen LogP contribution in [0.2, 0.25) is 0 Å². The van der Waals surface area contributed by atoms with E-state index in [0.717, 1.165) is 53.9 Å². The third-order valence-corrected chi connectivity index (χ3v) is 11.1. The molecule has 0 unspecified atom stereocenters. The first-order valence-electron chi connectivity index (χ1n) is 26.0. The van der Waals surface area contributed by atoms with Gasteiger partial charge < -0.3 is 4.90 Å². The Balaban J connectivity index is 1.17. The Morgan fingerprint density at radius 1 is 0.295 bits per heavy atom. The summed E-state index contributed by atoms with van der Waals surface area (Å²) in [6, 6.07) is 47.4. The molecule has 1 heteroatoms. The standard InChI is InChI=1S/C60H41N/c1-2-15-49(16-3-1)60-58-22-9-7-14-46(58)34-39-59(60)48-32-37-54(38-33-48)61(55-20-10-19-51(41-55)52-29-26-42-12-4-5-17-50(42)40-52)53-35-30-44(31-36-53)43-24-27-47(28-25-43)57-23-11-18-45-13-6-8-21-56(45)57/h1-41H/i10D,19D,20D,30D,31D,32D,33D,35D,36D,37D,38D,41D. The van der Waals surface area contributed by atoms with Gasteiger partial charge in [-0.15, -0.1) is 0 Å². The first kappa shape index (κ1) is 25.5. The van der Waals surface area contributed by atoms with Gasteiger partial charge in [0, 0.05) is 17.1 Å². The van der Waals surface area contributed by atoms with Gasteiger partial charge in [0.2, 0.25) is 0 Å². The number of rotatable bonds is 8. The van der Waals surface area contributed by atoms with Crippen molar-refractivity contribution in [2.75, 3.05) is 4.90 Å². The van der Waals surface area contributed by atoms with Crippen molar-refractivity contribution < 1.29 is 16.4 Å². The van der Waals surface area contributed by atoms with Crippen molar-refractivity contribution in [2.45, 2.75) is 0 Å². The van der Waals surface area contributed by atoms with E-state index in [0.29, 0.717) is 22.3 Å². The number of anilines is 3. The summed E-state index contributed by atoms with van der Waals surface area (Å²) in [6.07, 6.45) is 0. The normalized spacial score (nSPS) is 14.0. The average molecular weight is 788 g/mol. The minimum atomic E-state index is -0.730. The molecule has 11 aromatic rings. The quantitative estimate of drug-likeness (QED) is 0.148. The second-order valence-electron chi connectivity index (χ2n) is 14.7. The van der Waals surface area contributed by atoms with E-state index in [1.54, 1.807) is 36.4 Å². The van der Waals surface area contributed by atoms with E-state index >= 15 is 0 Å². The minimum Gasteiger partial charge on any atom is -0.310 e. The third-order valence-electron chi connectivity index (χ3n) is 11.1. The van der Waals surface area contributed by atoms with E-state index in [1.807, 2.05) is 140 Å². The molecule has 0 spiro atoms. The van der Waals surface area contributed by atoms with Gasteiger partial charge in [-0.25, -0.2) is 0 Å². The highest BCUT2D eigenvalue weighted by Gasteiger charge is 2.17. The van der Waals surface area contributed by atoms with Crippen LogP contribution in [0.3, 0.4) is 0 Å². The fourth-order valence-electron chi connectivity index (χ4n) is 8.07. The van der Waals surface area contributed by atoms with Crippen molar-refractivity contribution in [1.29, 1.82) is 0 Å². The molecule has 0 heterocycles. The summed E-state index contributed by atoms with van der Waals surface area (Å²) in [7, 11) is 0. The number of hydrogen-bond donors (Lipinski definition) is 0. The highest BCUT2D eigenvalue weighted by molar-refractivity contribution is 6.04.